The average Bonchev–Trinajstić information content (AvgIpc) is 2.60. The van der Waals surface area contributed by atoms with Gasteiger partial charge in [-0.05, 0) is 24.1 Å². The number of rotatable bonds is 4. The highest BCUT2D eigenvalue weighted by Gasteiger charge is 2.42. The van der Waals surface area contributed by atoms with Crippen LogP contribution in [0.1, 0.15) is 24.0 Å². The Morgan fingerprint density at radius 2 is 1.92 bits per heavy atom. The number of amides is 1. The zero-order valence-corrected chi connectivity index (χ0v) is 13.6. The second-order valence-electron chi connectivity index (χ2n) is 5.56. The Hall–Kier alpha value is -2.82. The van der Waals surface area contributed by atoms with E-state index in [-0.39, 0.29) is 18.4 Å². The quantitative estimate of drug-likeness (QED) is 0.693. The molecule has 2 unspecified atom stereocenters. The normalized spacial score (nSPS) is 19.2. The molecule has 5 heteroatoms. The summed E-state index contributed by atoms with van der Waals surface area (Å²) >= 11 is 0. The summed E-state index contributed by atoms with van der Waals surface area (Å²) < 4.78 is 10.4. The molecule has 0 aromatic heterocycles. The highest BCUT2D eigenvalue weighted by molar-refractivity contribution is 6.08. The number of anilines is 1. The highest BCUT2D eigenvalue weighted by atomic mass is 16.5. The minimum atomic E-state index is -0.909. The fraction of sp³-hybridized carbons (Fsp3) is 0.263. The summed E-state index contributed by atoms with van der Waals surface area (Å²) in [5.41, 5.74) is 2.44. The SMILES string of the molecule is CCOC(=O)C1C(=O)Nc2cc(OC)ccc2C1c1ccccc1. The molecule has 0 fully saturated rings. The lowest BCUT2D eigenvalue weighted by Crippen LogP contribution is -2.40. The van der Waals surface area contributed by atoms with Crippen molar-refractivity contribution in [3.8, 4) is 5.75 Å². The maximum atomic E-state index is 12.6. The zero-order valence-electron chi connectivity index (χ0n) is 13.6. The number of carbonyl (C=O) groups excluding carboxylic acids is 2. The number of ether oxygens (including phenoxy) is 2. The van der Waals surface area contributed by atoms with Crippen LogP contribution in [0.3, 0.4) is 0 Å². The lowest BCUT2D eigenvalue weighted by molar-refractivity contribution is -0.151. The standard InChI is InChI=1S/C19H19NO4/c1-3-24-19(22)17-16(12-7-5-4-6-8-12)14-10-9-13(23-2)11-15(14)20-18(17)21/h4-11,16-17H,3H2,1-2H3,(H,20,21). The number of hydrogen-bond donors (Lipinski definition) is 1. The fourth-order valence-electron chi connectivity index (χ4n) is 3.09. The molecular weight excluding hydrogens is 306 g/mol. The molecule has 0 saturated carbocycles. The van der Waals surface area contributed by atoms with Gasteiger partial charge in [-0.2, -0.15) is 0 Å². The van der Waals surface area contributed by atoms with E-state index in [0.717, 1.165) is 11.1 Å². The molecule has 0 spiro atoms. The van der Waals surface area contributed by atoms with Gasteiger partial charge in [0.15, 0.2) is 0 Å². The van der Waals surface area contributed by atoms with Gasteiger partial charge in [-0.1, -0.05) is 36.4 Å². The monoisotopic (exact) mass is 325 g/mol. The van der Waals surface area contributed by atoms with Crippen molar-refractivity contribution in [3.05, 3.63) is 59.7 Å². The van der Waals surface area contributed by atoms with Crippen molar-refractivity contribution < 1.29 is 19.1 Å². The predicted octanol–water partition coefficient (Wildman–Crippen LogP) is 2.96. The summed E-state index contributed by atoms with van der Waals surface area (Å²) in [5, 5.41) is 2.80. The number of fused-ring (bicyclic) bond motifs is 1. The largest absolute Gasteiger partial charge is 0.497 e. The molecule has 24 heavy (non-hydrogen) atoms. The fourth-order valence-corrected chi connectivity index (χ4v) is 3.09. The molecule has 3 rings (SSSR count). The van der Waals surface area contributed by atoms with Gasteiger partial charge in [0.2, 0.25) is 5.91 Å². The van der Waals surface area contributed by atoms with Crippen LogP contribution < -0.4 is 10.1 Å². The molecule has 2 atom stereocenters. The minimum Gasteiger partial charge on any atom is -0.497 e. The van der Waals surface area contributed by atoms with E-state index < -0.39 is 11.9 Å². The molecule has 124 valence electrons. The first-order valence-electron chi connectivity index (χ1n) is 7.86. The Kier molecular flexibility index (Phi) is 4.51. The molecule has 1 N–H and O–H groups in total. The Balaban J connectivity index is 2.13. The van der Waals surface area contributed by atoms with E-state index in [9.17, 15) is 9.59 Å². The van der Waals surface area contributed by atoms with Crippen molar-refractivity contribution in [2.45, 2.75) is 12.8 Å². The van der Waals surface area contributed by atoms with Crippen molar-refractivity contribution in [2.24, 2.45) is 5.92 Å². The number of hydrogen-bond acceptors (Lipinski definition) is 4. The average molecular weight is 325 g/mol. The molecule has 0 saturated heterocycles. The third-order valence-corrected chi connectivity index (χ3v) is 4.17. The van der Waals surface area contributed by atoms with E-state index in [1.165, 1.54) is 0 Å². The van der Waals surface area contributed by atoms with Crippen molar-refractivity contribution in [2.75, 3.05) is 19.0 Å². The molecule has 1 aliphatic heterocycles. The number of carbonyl (C=O) groups is 2. The van der Waals surface area contributed by atoms with Crippen molar-refractivity contribution in [1.29, 1.82) is 0 Å². The summed E-state index contributed by atoms with van der Waals surface area (Å²) in [5.74, 6) is -1.52. The van der Waals surface area contributed by atoms with Gasteiger partial charge in [0.05, 0.1) is 13.7 Å². The van der Waals surface area contributed by atoms with Crippen molar-refractivity contribution in [3.63, 3.8) is 0 Å². The highest BCUT2D eigenvalue weighted by Crippen LogP contribution is 2.42. The Labute approximate surface area is 140 Å². The molecule has 1 aliphatic rings. The van der Waals surface area contributed by atoms with Crippen LogP contribution in [-0.4, -0.2) is 25.6 Å². The third kappa shape index (κ3) is 2.85. The molecular formula is C19H19NO4. The summed E-state index contributed by atoms with van der Waals surface area (Å²) in [6.07, 6.45) is 0. The second-order valence-corrected chi connectivity index (χ2v) is 5.56. The molecule has 0 aliphatic carbocycles. The van der Waals surface area contributed by atoms with E-state index in [1.807, 2.05) is 42.5 Å². The van der Waals surface area contributed by atoms with Crippen LogP contribution in [0.25, 0.3) is 0 Å². The number of methoxy groups -OCH3 is 1. The van der Waals surface area contributed by atoms with E-state index >= 15 is 0 Å². The number of esters is 1. The van der Waals surface area contributed by atoms with Crippen LogP contribution in [0.15, 0.2) is 48.5 Å². The first kappa shape index (κ1) is 16.1. The van der Waals surface area contributed by atoms with Gasteiger partial charge < -0.3 is 14.8 Å². The van der Waals surface area contributed by atoms with Crippen molar-refractivity contribution in [1.82, 2.24) is 0 Å². The first-order valence-corrected chi connectivity index (χ1v) is 7.86. The van der Waals surface area contributed by atoms with E-state index in [0.29, 0.717) is 11.4 Å². The molecule has 1 heterocycles. The Morgan fingerprint density at radius 1 is 1.17 bits per heavy atom. The van der Waals surface area contributed by atoms with Crippen molar-refractivity contribution >= 4 is 17.6 Å². The number of benzene rings is 2. The lowest BCUT2D eigenvalue weighted by Gasteiger charge is -2.32. The summed E-state index contributed by atoms with van der Waals surface area (Å²) in [4.78, 5) is 25.0. The van der Waals surface area contributed by atoms with Crippen LogP contribution in [0.5, 0.6) is 5.75 Å². The zero-order chi connectivity index (χ0) is 17.1. The van der Waals surface area contributed by atoms with E-state index in [2.05, 4.69) is 5.32 Å². The molecule has 0 bridgehead atoms. The van der Waals surface area contributed by atoms with Crippen LogP contribution in [0.4, 0.5) is 5.69 Å². The first-order chi connectivity index (χ1) is 11.7. The smallest absolute Gasteiger partial charge is 0.319 e. The van der Waals surface area contributed by atoms with Gasteiger partial charge in [-0.3, -0.25) is 9.59 Å². The lowest BCUT2D eigenvalue weighted by atomic mass is 9.77. The van der Waals surface area contributed by atoms with Crippen LogP contribution >= 0.6 is 0 Å². The van der Waals surface area contributed by atoms with Gasteiger partial charge in [0.1, 0.15) is 11.7 Å². The molecule has 2 aromatic carbocycles. The third-order valence-electron chi connectivity index (χ3n) is 4.17. The Bertz CT molecular complexity index is 757. The Morgan fingerprint density at radius 3 is 2.58 bits per heavy atom. The van der Waals surface area contributed by atoms with Crippen LogP contribution in [0, 0.1) is 5.92 Å². The van der Waals surface area contributed by atoms with Gasteiger partial charge in [0, 0.05) is 17.7 Å². The topological polar surface area (TPSA) is 64.6 Å². The van der Waals surface area contributed by atoms with Gasteiger partial charge in [-0.15, -0.1) is 0 Å². The molecule has 0 radical (unpaired) electrons. The van der Waals surface area contributed by atoms with Crippen LogP contribution in [-0.2, 0) is 14.3 Å². The minimum absolute atomic E-state index is 0.236. The van der Waals surface area contributed by atoms with Gasteiger partial charge >= 0.3 is 5.97 Å². The van der Waals surface area contributed by atoms with Crippen LogP contribution in [0.2, 0.25) is 0 Å². The molecule has 5 nitrogen and oxygen atoms in total. The summed E-state index contributed by atoms with van der Waals surface area (Å²) in [6.45, 7) is 1.97. The van der Waals surface area contributed by atoms with E-state index in [1.54, 1.807) is 20.1 Å². The van der Waals surface area contributed by atoms with E-state index in [4.69, 9.17) is 9.47 Å². The summed E-state index contributed by atoms with van der Waals surface area (Å²) in [7, 11) is 1.57. The second kappa shape index (κ2) is 6.74. The molecule has 1 amide bonds. The maximum absolute atomic E-state index is 12.6. The summed E-state index contributed by atoms with van der Waals surface area (Å²) in [6, 6.07) is 15.0. The maximum Gasteiger partial charge on any atom is 0.319 e. The number of nitrogens with one attached hydrogen (secondary N) is 1. The molecule has 2 aromatic rings. The van der Waals surface area contributed by atoms with Gasteiger partial charge in [0.25, 0.3) is 0 Å². The predicted molar refractivity (Wildman–Crippen MR) is 90.0 cm³/mol. The van der Waals surface area contributed by atoms with Gasteiger partial charge in [-0.25, -0.2) is 0 Å².